The number of carboxylic acids is 1. The van der Waals surface area contributed by atoms with Gasteiger partial charge in [0.2, 0.25) is 0 Å². The molecule has 0 spiro atoms. The smallest absolute Gasteiger partial charge is 0.323 e. The normalized spacial score (nSPS) is 11.1. The van der Waals surface area contributed by atoms with Crippen molar-refractivity contribution in [1.82, 2.24) is 4.90 Å². The molecule has 0 radical (unpaired) electrons. The molecule has 1 aromatic carbocycles. The summed E-state index contributed by atoms with van der Waals surface area (Å²) in [5, 5.41) is 8.64. The minimum Gasteiger partial charge on any atom is -0.480 e. The molecule has 0 atom stereocenters. The van der Waals surface area contributed by atoms with Crippen LogP contribution >= 0.6 is 0 Å². The third-order valence-electron chi connectivity index (χ3n) is 2.72. The summed E-state index contributed by atoms with van der Waals surface area (Å²) in [7, 11) is 1.48. The Kier molecular flexibility index (Phi) is 4.11. The van der Waals surface area contributed by atoms with E-state index in [4.69, 9.17) is 5.11 Å². The Morgan fingerprint density at radius 3 is 2.06 bits per heavy atom. The fraction of sp³-hybridized carbons (Fsp3) is 0.429. The van der Waals surface area contributed by atoms with Crippen LogP contribution in [0.3, 0.4) is 0 Å². The molecule has 1 amide bonds. The second kappa shape index (κ2) is 5.21. The van der Waals surface area contributed by atoms with Crippen LogP contribution in [0.5, 0.6) is 0 Å². The van der Waals surface area contributed by atoms with Gasteiger partial charge in [0.1, 0.15) is 6.54 Å². The summed E-state index contributed by atoms with van der Waals surface area (Å²) < 4.78 is 0. The molecule has 0 aliphatic carbocycles. The number of carbonyl (C=O) groups excluding carboxylic acids is 1. The van der Waals surface area contributed by atoms with E-state index in [0.717, 1.165) is 5.56 Å². The highest BCUT2D eigenvalue weighted by Gasteiger charge is 2.17. The largest absolute Gasteiger partial charge is 0.480 e. The number of rotatable bonds is 3. The topological polar surface area (TPSA) is 57.6 Å². The summed E-state index contributed by atoms with van der Waals surface area (Å²) in [6.07, 6.45) is 0. The van der Waals surface area contributed by atoms with Crippen molar-refractivity contribution in [1.29, 1.82) is 0 Å². The minimum absolute atomic E-state index is 0.0363. The van der Waals surface area contributed by atoms with Crippen molar-refractivity contribution < 1.29 is 14.7 Å². The van der Waals surface area contributed by atoms with E-state index in [1.807, 2.05) is 12.1 Å². The lowest BCUT2D eigenvalue weighted by molar-refractivity contribution is -0.137. The van der Waals surface area contributed by atoms with E-state index in [0.29, 0.717) is 5.56 Å². The zero-order valence-electron chi connectivity index (χ0n) is 11.2. The van der Waals surface area contributed by atoms with Gasteiger partial charge in [0.25, 0.3) is 5.91 Å². The predicted octanol–water partition coefficient (Wildman–Crippen LogP) is 2.14. The van der Waals surface area contributed by atoms with Crippen LogP contribution < -0.4 is 0 Å². The lowest BCUT2D eigenvalue weighted by Gasteiger charge is -2.20. The van der Waals surface area contributed by atoms with Crippen molar-refractivity contribution >= 4 is 11.9 Å². The number of carboxylic acid groups (broad SMARTS) is 1. The molecule has 1 aromatic rings. The van der Waals surface area contributed by atoms with E-state index in [1.165, 1.54) is 11.9 Å². The van der Waals surface area contributed by atoms with Gasteiger partial charge in [0.05, 0.1) is 0 Å². The molecule has 0 aliphatic heterocycles. The summed E-state index contributed by atoms with van der Waals surface area (Å²) in [4.78, 5) is 23.6. The maximum absolute atomic E-state index is 11.9. The minimum atomic E-state index is -1.02. The fourth-order valence-corrected chi connectivity index (χ4v) is 1.61. The summed E-state index contributed by atoms with van der Waals surface area (Å²) >= 11 is 0. The highest BCUT2D eigenvalue weighted by Crippen LogP contribution is 2.22. The molecule has 0 saturated carbocycles. The molecule has 0 bridgehead atoms. The van der Waals surface area contributed by atoms with Gasteiger partial charge in [-0.25, -0.2) is 0 Å². The van der Waals surface area contributed by atoms with Crippen molar-refractivity contribution in [3.05, 3.63) is 35.4 Å². The first-order valence-electron chi connectivity index (χ1n) is 5.79. The van der Waals surface area contributed by atoms with Crippen LogP contribution in [-0.4, -0.2) is 35.5 Å². The Morgan fingerprint density at radius 1 is 1.17 bits per heavy atom. The molecular weight excluding hydrogens is 230 g/mol. The molecule has 0 aliphatic rings. The Morgan fingerprint density at radius 2 is 1.67 bits per heavy atom. The standard InChI is InChI=1S/C14H19NO3/c1-14(2,3)11-7-5-10(6-8-11)13(18)15(4)9-12(16)17/h5-8H,9H2,1-4H3,(H,16,17). The van der Waals surface area contributed by atoms with Crippen LogP contribution in [0.2, 0.25) is 0 Å². The Bertz CT molecular complexity index is 443. The van der Waals surface area contributed by atoms with Crippen LogP contribution in [-0.2, 0) is 10.2 Å². The highest BCUT2D eigenvalue weighted by molar-refractivity contribution is 5.95. The first-order valence-corrected chi connectivity index (χ1v) is 5.79. The van der Waals surface area contributed by atoms with Crippen molar-refractivity contribution in [2.75, 3.05) is 13.6 Å². The highest BCUT2D eigenvalue weighted by atomic mass is 16.4. The van der Waals surface area contributed by atoms with Crippen molar-refractivity contribution in [2.24, 2.45) is 0 Å². The predicted molar refractivity (Wildman–Crippen MR) is 69.7 cm³/mol. The first-order chi connectivity index (χ1) is 8.21. The van der Waals surface area contributed by atoms with Gasteiger partial charge in [-0.3, -0.25) is 9.59 Å². The van der Waals surface area contributed by atoms with Gasteiger partial charge >= 0.3 is 5.97 Å². The van der Waals surface area contributed by atoms with E-state index in [-0.39, 0.29) is 17.9 Å². The molecule has 0 unspecified atom stereocenters. The molecular formula is C14H19NO3. The fourth-order valence-electron chi connectivity index (χ4n) is 1.61. The van der Waals surface area contributed by atoms with Gasteiger partial charge in [-0.05, 0) is 23.1 Å². The first kappa shape index (κ1) is 14.2. The third-order valence-corrected chi connectivity index (χ3v) is 2.72. The molecule has 0 aromatic heterocycles. The number of nitrogens with zero attached hydrogens (tertiary/aromatic N) is 1. The average Bonchev–Trinajstić information content (AvgIpc) is 2.26. The van der Waals surface area contributed by atoms with Crippen LogP contribution in [0.4, 0.5) is 0 Å². The summed E-state index contributed by atoms with van der Waals surface area (Å²) in [6, 6.07) is 7.28. The molecule has 1 N–H and O–H groups in total. The van der Waals surface area contributed by atoms with Crippen LogP contribution in [0.25, 0.3) is 0 Å². The molecule has 0 saturated heterocycles. The van der Waals surface area contributed by atoms with E-state index in [1.54, 1.807) is 12.1 Å². The Labute approximate surface area is 107 Å². The monoisotopic (exact) mass is 249 g/mol. The molecule has 0 heterocycles. The van der Waals surface area contributed by atoms with Crippen LogP contribution in [0.15, 0.2) is 24.3 Å². The zero-order valence-corrected chi connectivity index (χ0v) is 11.2. The molecule has 0 fully saturated rings. The molecule has 98 valence electrons. The van der Waals surface area contributed by atoms with Crippen molar-refractivity contribution in [3.8, 4) is 0 Å². The number of carbonyl (C=O) groups is 2. The lowest BCUT2D eigenvalue weighted by Crippen LogP contribution is -2.31. The second-order valence-electron chi connectivity index (χ2n) is 5.38. The van der Waals surface area contributed by atoms with Gasteiger partial charge in [0, 0.05) is 12.6 Å². The Balaban J connectivity index is 2.85. The van der Waals surface area contributed by atoms with E-state index < -0.39 is 5.97 Å². The maximum Gasteiger partial charge on any atom is 0.323 e. The quantitative estimate of drug-likeness (QED) is 0.892. The van der Waals surface area contributed by atoms with E-state index in [2.05, 4.69) is 20.8 Å². The van der Waals surface area contributed by atoms with E-state index in [9.17, 15) is 9.59 Å². The Hall–Kier alpha value is -1.84. The van der Waals surface area contributed by atoms with Gasteiger partial charge in [-0.15, -0.1) is 0 Å². The van der Waals surface area contributed by atoms with Crippen molar-refractivity contribution in [2.45, 2.75) is 26.2 Å². The number of aliphatic carboxylic acids is 1. The zero-order chi connectivity index (χ0) is 13.9. The third kappa shape index (κ3) is 3.58. The van der Waals surface area contributed by atoms with Crippen LogP contribution in [0.1, 0.15) is 36.7 Å². The summed E-state index contributed by atoms with van der Waals surface area (Å²) in [6.45, 7) is 6.00. The maximum atomic E-state index is 11.9. The number of amides is 1. The number of hydrogen-bond donors (Lipinski definition) is 1. The molecule has 1 rings (SSSR count). The average molecular weight is 249 g/mol. The lowest BCUT2D eigenvalue weighted by atomic mass is 9.86. The summed E-state index contributed by atoms with van der Waals surface area (Å²) in [5.74, 6) is -1.30. The second-order valence-corrected chi connectivity index (χ2v) is 5.38. The summed E-state index contributed by atoms with van der Waals surface area (Å²) in [5.41, 5.74) is 1.68. The number of hydrogen-bond acceptors (Lipinski definition) is 2. The SMILES string of the molecule is CN(CC(=O)O)C(=O)c1ccc(C(C)(C)C)cc1. The van der Waals surface area contributed by atoms with Crippen molar-refractivity contribution in [3.63, 3.8) is 0 Å². The van der Waals surface area contributed by atoms with Gasteiger partial charge in [-0.1, -0.05) is 32.9 Å². The molecule has 4 nitrogen and oxygen atoms in total. The van der Waals surface area contributed by atoms with Gasteiger partial charge in [-0.2, -0.15) is 0 Å². The number of benzene rings is 1. The van der Waals surface area contributed by atoms with Gasteiger partial charge < -0.3 is 10.0 Å². The van der Waals surface area contributed by atoms with Crippen LogP contribution in [0, 0.1) is 0 Å². The molecule has 18 heavy (non-hydrogen) atoms. The molecule has 4 heteroatoms. The van der Waals surface area contributed by atoms with Gasteiger partial charge in [0.15, 0.2) is 0 Å². The van der Waals surface area contributed by atoms with E-state index >= 15 is 0 Å². The number of likely N-dealkylation sites (N-methyl/N-ethyl adjacent to an activating group) is 1.